The third-order valence-corrected chi connectivity index (χ3v) is 3.52. The molecule has 4 heteroatoms. The number of aromatic nitrogens is 1. The number of thiazole rings is 1. The van der Waals surface area contributed by atoms with E-state index < -0.39 is 0 Å². The van der Waals surface area contributed by atoms with Gasteiger partial charge in [0.05, 0.1) is 12.1 Å². The molecule has 0 bridgehead atoms. The largest absolute Gasteiger partial charge is 0.390 e. The maximum atomic E-state index is 9.16. The van der Waals surface area contributed by atoms with Gasteiger partial charge in [0.2, 0.25) is 0 Å². The quantitative estimate of drug-likeness (QED) is 0.775. The van der Waals surface area contributed by atoms with Gasteiger partial charge in [-0.3, -0.25) is 4.90 Å². The topological polar surface area (TPSA) is 36.4 Å². The molecule has 3 nitrogen and oxygen atoms in total. The molecule has 0 aromatic carbocycles. The smallest absolute Gasteiger partial charge is 0.110 e. The van der Waals surface area contributed by atoms with Gasteiger partial charge in [0.25, 0.3) is 0 Å². The summed E-state index contributed by atoms with van der Waals surface area (Å²) in [5, 5.41) is 10.3. The fourth-order valence-corrected chi connectivity index (χ4v) is 2.39. The number of β-amino-alcohol motifs (C(OH)–C–C–N with tert-alkyl or cyclic N) is 1. The molecule has 0 amide bonds. The van der Waals surface area contributed by atoms with Crippen LogP contribution in [0.2, 0.25) is 0 Å². The van der Waals surface area contributed by atoms with Crippen LogP contribution < -0.4 is 0 Å². The lowest BCUT2D eigenvalue weighted by Crippen LogP contribution is -2.51. The second-order valence-electron chi connectivity index (χ2n) is 3.59. The van der Waals surface area contributed by atoms with E-state index >= 15 is 0 Å². The van der Waals surface area contributed by atoms with Gasteiger partial charge in [-0.2, -0.15) is 0 Å². The molecular formula is C9H14N2OS. The highest BCUT2D eigenvalue weighted by Crippen LogP contribution is 2.27. The molecule has 0 aliphatic carbocycles. The average Bonchev–Trinajstić information content (AvgIpc) is 2.45. The molecule has 2 heterocycles. The normalized spacial score (nSPS) is 21.5. The van der Waals surface area contributed by atoms with E-state index in [1.165, 1.54) is 4.88 Å². The van der Waals surface area contributed by atoms with Gasteiger partial charge in [-0.15, -0.1) is 11.3 Å². The van der Waals surface area contributed by atoms with E-state index in [0.29, 0.717) is 6.04 Å². The van der Waals surface area contributed by atoms with Gasteiger partial charge in [0.1, 0.15) is 5.01 Å². The molecule has 2 rings (SSSR count). The van der Waals surface area contributed by atoms with Crippen LogP contribution in [0.5, 0.6) is 0 Å². The zero-order valence-corrected chi connectivity index (χ0v) is 8.71. The highest BCUT2D eigenvalue weighted by Gasteiger charge is 2.30. The Morgan fingerprint density at radius 1 is 1.69 bits per heavy atom. The van der Waals surface area contributed by atoms with Crippen LogP contribution in [-0.4, -0.2) is 34.2 Å². The molecule has 1 aromatic heterocycles. The lowest BCUT2D eigenvalue weighted by Gasteiger charge is -2.39. The van der Waals surface area contributed by atoms with Crippen LogP contribution in [0.1, 0.15) is 22.9 Å². The minimum atomic E-state index is -0.122. The lowest BCUT2D eigenvalue weighted by molar-refractivity contribution is -0.0211. The second kappa shape index (κ2) is 3.36. The summed E-state index contributed by atoms with van der Waals surface area (Å²) >= 11 is 1.74. The van der Waals surface area contributed by atoms with E-state index in [9.17, 15) is 0 Å². The Morgan fingerprint density at radius 2 is 2.38 bits per heavy atom. The van der Waals surface area contributed by atoms with Crippen molar-refractivity contribution < 1.29 is 5.11 Å². The van der Waals surface area contributed by atoms with Gasteiger partial charge in [0.15, 0.2) is 0 Å². The predicted molar refractivity (Wildman–Crippen MR) is 52.8 cm³/mol. The summed E-state index contributed by atoms with van der Waals surface area (Å²) in [7, 11) is 0. The summed E-state index contributed by atoms with van der Waals surface area (Å²) in [4.78, 5) is 7.83. The van der Waals surface area contributed by atoms with Crippen molar-refractivity contribution in [3.63, 3.8) is 0 Å². The Labute approximate surface area is 82.0 Å². The van der Waals surface area contributed by atoms with E-state index in [1.807, 2.05) is 6.20 Å². The standard InChI is InChI=1S/C9H14N2OS/c1-6-3-10-9(13-6)7(2)11-4-8(12)5-11/h3,7-8,12H,4-5H2,1-2H3. The van der Waals surface area contributed by atoms with Crippen molar-refractivity contribution in [1.82, 2.24) is 9.88 Å². The Kier molecular flexibility index (Phi) is 2.36. The molecule has 1 N–H and O–H groups in total. The number of aryl methyl sites for hydroxylation is 1. The van der Waals surface area contributed by atoms with Gasteiger partial charge >= 0.3 is 0 Å². The van der Waals surface area contributed by atoms with E-state index in [2.05, 4.69) is 23.7 Å². The molecule has 1 fully saturated rings. The van der Waals surface area contributed by atoms with E-state index in [4.69, 9.17) is 5.11 Å². The summed E-state index contributed by atoms with van der Waals surface area (Å²) in [5.41, 5.74) is 0. The van der Waals surface area contributed by atoms with Gasteiger partial charge < -0.3 is 5.11 Å². The molecule has 1 saturated heterocycles. The molecule has 1 aliphatic rings. The Morgan fingerprint density at radius 3 is 2.85 bits per heavy atom. The minimum Gasteiger partial charge on any atom is -0.390 e. The molecule has 1 atom stereocenters. The van der Waals surface area contributed by atoms with Crippen molar-refractivity contribution in [3.05, 3.63) is 16.1 Å². The number of aliphatic hydroxyl groups is 1. The van der Waals surface area contributed by atoms with Crippen LogP contribution in [0, 0.1) is 6.92 Å². The van der Waals surface area contributed by atoms with Crippen LogP contribution in [0.3, 0.4) is 0 Å². The molecule has 13 heavy (non-hydrogen) atoms. The number of hydrogen-bond acceptors (Lipinski definition) is 4. The maximum absolute atomic E-state index is 9.16. The van der Waals surface area contributed by atoms with Crippen LogP contribution in [0.15, 0.2) is 6.20 Å². The Bertz CT molecular complexity index is 294. The third-order valence-electron chi connectivity index (χ3n) is 2.43. The van der Waals surface area contributed by atoms with Crippen molar-refractivity contribution in [2.24, 2.45) is 0 Å². The fraction of sp³-hybridized carbons (Fsp3) is 0.667. The number of hydrogen-bond donors (Lipinski definition) is 1. The van der Waals surface area contributed by atoms with Crippen molar-refractivity contribution in [2.45, 2.75) is 26.0 Å². The SMILES string of the molecule is Cc1cnc(C(C)N2CC(O)C2)s1. The predicted octanol–water partition coefficient (Wildman–Crippen LogP) is 1.19. The zero-order chi connectivity index (χ0) is 9.42. The number of aliphatic hydroxyl groups excluding tert-OH is 1. The molecular weight excluding hydrogens is 184 g/mol. The molecule has 1 aliphatic heterocycles. The highest BCUT2D eigenvalue weighted by molar-refractivity contribution is 7.11. The molecule has 72 valence electrons. The molecule has 1 unspecified atom stereocenters. The second-order valence-corrected chi connectivity index (χ2v) is 4.86. The van der Waals surface area contributed by atoms with Crippen LogP contribution in [-0.2, 0) is 0 Å². The monoisotopic (exact) mass is 198 g/mol. The van der Waals surface area contributed by atoms with Gasteiger partial charge in [-0.05, 0) is 13.8 Å². The molecule has 0 saturated carbocycles. The first-order valence-corrected chi connectivity index (χ1v) is 5.33. The summed E-state index contributed by atoms with van der Waals surface area (Å²) in [6, 6.07) is 0.363. The first kappa shape index (κ1) is 9.12. The van der Waals surface area contributed by atoms with E-state index in [-0.39, 0.29) is 6.10 Å². The first-order valence-electron chi connectivity index (χ1n) is 4.51. The number of rotatable bonds is 2. The van der Waals surface area contributed by atoms with Crippen LogP contribution in [0.4, 0.5) is 0 Å². The molecule has 1 aromatic rings. The summed E-state index contributed by atoms with van der Waals surface area (Å²) in [6.45, 7) is 5.79. The minimum absolute atomic E-state index is 0.122. The van der Waals surface area contributed by atoms with E-state index in [0.717, 1.165) is 18.1 Å². The Hall–Kier alpha value is -0.450. The van der Waals surface area contributed by atoms with Gasteiger partial charge in [0, 0.05) is 24.2 Å². The Balaban J connectivity index is 2.01. The maximum Gasteiger partial charge on any atom is 0.110 e. The number of nitrogens with zero attached hydrogens (tertiary/aromatic N) is 2. The van der Waals surface area contributed by atoms with E-state index in [1.54, 1.807) is 11.3 Å². The van der Waals surface area contributed by atoms with Crippen LogP contribution in [0.25, 0.3) is 0 Å². The van der Waals surface area contributed by atoms with Crippen LogP contribution >= 0.6 is 11.3 Å². The fourth-order valence-electron chi connectivity index (χ4n) is 1.53. The van der Waals surface area contributed by atoms with Crippen molar-refractivity contribution in [2.75, 3.05) is 13.1 Å². The zero-order valence-electron chi connectivity index (χ0n) is 7.90. The highest BCUT2D eigenvalue weighted by atomic mass is 32.1. The third kappa shape index (κ3) is 1.75. The summed E-state index contributed by atoms with van der Waals surface area (Å²) < 4.78 is 0. The molecule has 0 spiro atoms. The molecule has 0 radical (unpaired) electrons. The average molecular weight is 198 g/mol. The summed E-state index contributed by atoms with van der Waals surface area (Å²) in [5.74, 6) is 0. The van der Waals surface area contributed by atoms with Crippen molar-refractivity contribution in [1.29, 1.82) is 0 Å². The number of likely N-dealkylation sites (tertiary alicyclic amines) is 1. The van der Waals surface area contributed by atoms with Crippen molar-refractivity contribution in [3.8, 4) is 0 Å². The first-order chi connectivity index (χ1) is 6.16. The van der Waals surface area contributed by atoms with Gasteiger partial charge in [-0.25, -0.2) is 4.98 Å². The van der Waals surface area contributed by atoms with Gasteiger partial charge in [-0.1, -0.05) is 0 Å². The van der Waals surface area contributed by atoms with Crippen molar-refractivity contribution >= 4 is 11.3 Å². The lowest BCUT2D eigenvalue weighted by atomic mass is 10.1. The summed E-state index contributed by atoms with van der Waals surface area (Å²) in [6.07, 6.45) is 1.79.